The molecule has 2 unspecified atom stereocenters. The first-order valence-corrected chi connectivity index (χ1v) is 13.8. The summed E-state index contributed by atoms with van der Waals surface area (Å²) in [4.78, 5) is 11.9. The molecule has 1 aliphatic heterocycles. The Morgan fingerprint density at radius 1 is 0.886 bits per heavy atom. The second-order valence-corrected chi connectivity index (χ2v) is 10.4. The molecule has 3 nitrogen and oxygen atoms in total. The van der Waals surface area contributed by atoms with Gasteiger partial charge in [-0.2, -0.15) is 0 Å². The average molecular weight is 485 g/mol. The Morgan fingerprint density at radius 3 is 1.94 bits per heavy atom. The van der Waals surface area contributed by atoms with E-state index in [1.807, 2.05) is 13.8 Å². The smallest absolute Gasteiger partial charge is 0.311 e. The van der Waals surface area contributed by atoms with E-state index in [-0.39, 0.29) is 18.0 Å². The Labute approximate surface area is 216 Å². The maximum absolute atomic E-state index is 11.9. The predicted octanol–water partition coefficient (Wildman–Crippen LogP) is 9.22. The van der Waals surface area contributed by atoms with Crippen LogP contribution < -0.4 is 0 Å². The molecule has 0 aliphatic carbocycles. The molecule has 0 radical (unpaired) electrons. The minimum Gasteiger partial charge on any atom is -0.466 e. The van der Waals surface area contributed by atoms with Gasteiger partial charge in [0.05, 0.1) is 25.2 Å². The van der Waals surface area contributed by atoms with E-state index in [9.17, 15) is 4.79 Å². The summed E-state index contributed by atoms with van der Waals surface area (Å²) >= 11 is 0. The zero-order valence-electron chi connectivity index (χ0n) is 23.8. The van der Waals surface area contributed by atoms with Crippen LogP contribution in [0.15, 0.2) is 58.2 Å². The second kappa shape index (κ2) is 18.4. The highest BCUT2D eigenvalue weighted by molar-refractivity contribution is 5.72. The number of unbranched alkanes of at least 4 members (excludes halogenated alkanes) is 1. The zero-order chi connectivity index (χ0) is 26.1. The quantitative estimate of drug-likeness (QED) is 0.132. The number of ether oxygens (including phenoxy) is 2. The molecule has 1 aliphatic rings. The topological polar surface area (TPSA) is 35.5 Å². The summed E-state index contributed by atoms with van der Waals surface area (Å²) in [5.74, 6) is -0.328. The largest absolute Gasteiger partial charge is 0.466 e. The number of allylic oxidation sites excluding steroid dienone is 9. The Bertz CT molecular complexity index is 765. The molecule has 0 aromatic carbocycles. The molecule has 35 heavy (non-hydrogen) atoms. The van der Waals surface area contributed by atoms with Crippen molar-refractivity contribution in [3.63, 3.8) is 0 Å². The lowest BCUT2D eigenvalue weighted by atomic mass is 9.94. The van der Waals surface area contributed by atoms with Crippen LogP contribution in [0.5, 0.6) is 0 Å². The summed E-state index contributed by atoms with van der Waals surface area (Å²) in [7, 11) is 0. The van der Waals surface area contributed by atoms with E-state index in [1.165, 1.54) is 34.3 Å². The van der Waals surface area contributed by atoms with Gasteiger partial charge >= 0.3 is 5.97 Å². The maximum atomic E-state index is 11.9. The van der Waals surface area contributed by atoms with Crippen LogP contribution in [0.3, 0.4) is 0 Å². The highest BCUT2D eigenvalue weighted by Gasteiger charge is 2.28. The van der Waals surface area contributed by atoms with E-state index in [0.29, 0.717) is 13.2 Å². The highest BCUT2D eigenvalue weighted by Crippen LogP contribution is 2.25. The standard InChI is InChI=1S/C32H52O3/c1-8-34-32(33)29(7)31-23-22-30(24-35-31)21-13-20-27(5)16-10-9-15-26(4)18-12-19-28(6)17-11-14-25(2)3/h14-16,19,21,29,31H,8-13,17-18,20,22-24H2,1-7H3/b26-15+,27-16+,28-19+,30-21-. The summed E-state index contributed by atoms with van der Waals surface area (Å²) < 4.78 is 11.1. The summed E-state index contributed by atoms with van der Waals surface area (Å²) in [5.41, 5.74) is 7.25. The molecule has 198 valence electrons. The lowest BCUT2D eigenvalue weighted by Crippen LogP contribution is -2.33. The molecular formula is C32H52O3. The van der Waals surface area contributed by atoms with Crippen molar-refractivity contribution in [2.24, 2.45) is 5.92 Å². The van der Waals surface area contributed by atoms with Gasteiger partial charge in [-0.05, 0) is 118 Å². The van der Waals surface area contributed by atoms with Crippen molar-refractivity contribution in [1.29, 1.82) is 0 Å². The fraction of sp³-hybridized carbons (Fsp3) is 0.656. The summed E-state index contributed by atoms with van der Waals surface area (Å²) in [6, 6.07) is 0. The number of hydrogen-bond acceptors (Lipinski definition) is 3. The summed E-state index contributed by atoms with van der Waals surface area (Å²) in [5, 5.41) is 0. The molecule has 1 fully saturated rings. The van der Waals surface area contributed by atoms with Crippen molar-refractivity contribution >= 4 is 5.97 Å². The number of rotatable bonds is 15. The molecule has 2 atom stereocenters. The molecule has 1 heterocycles. The minimum absolute atomic E-state index is 0.0167. The van der Waals surface area contributed by atoms with Crippen LogP contribution in [0.2, 0.25) is 0 Å². The van der Waals surface area contributed by atoms with Gasteiger partial charge in [-0.3, -0.25) is 4.79 Å². The van der Waals surface area contributed by atoms with Crippen molar-refractivity contribution in [1.82, 2.24) is 0 Å². The Balaban J connectivity index is 2.24. The molecule has 1 saturated heterocycles. The van der Waals surface area contributed by atoms with Gasteiger partial charge in [0.2, 0.25) is 0 Å². The number of hydrogen-bond donors (Lipinski definition) is 0. The minimum atomic E-state index is -0.183. The van der Waals surface area contributed by atoms with Gasteiger partial charge in [-0.1, -0.05) is 52.7 Å². The monoisotopic (exact) mass is 484 g/mol. The number of carbonyl (C=O) groups excluding carboxylic acids is 1. The molecular weight excluding hydrogens is 432 g/mol. The van der Waals surface area contributed by atoms with Gasteiger partial charge in [-0.15, -0.1) is 0 Å². The fourth-order valence-electron chi connectivity index (χ4n) is 4.28. The second-order valence-electron chi connectivity index (χ2n) is 10.4. The van der Waals surface area contributed by atoms with Crippen LogP contribution in [-0.4, -0.2) is 25.3 Å². The molecule has 0 aromatic rings. The van der Waals surface area contributed by atoms with Gasteiger partial charge in [-0.25, -0.2) is 0 Å². The van der Waals surface area contributed by atoms with E-state index < -0.39 is 0 Å². The molecule has 0 bridgehead atoms. The van der Waals surface area contributed by atoms with E-state index >= 15 is 0 Å². The van der Waals surface area contributed by atoms with Crippen LogP contribution >= 0.6 is 0 Å². The van der Waals surface area contributed by atoms with E-state index in [1.54, 1.807) is 0 Å². The van der Waals surface area contributed by atoms with Crippen molar-refractivity contribution < 1.29 is 14.3 Å². The number of carbonyl (C=O) groups is 1. The Hall–Kier alpha value is -1.87. The van der Waals surface area contributed by atoms with Gasteiger partial charge < -0.3 is 9.47 Å². The summed E-state index contributed by atoms with van der Waals surface area (Å²) in [6.07, 6.45) is 22.8. The van der Waals surface area contributed by atoms with Crippen molar-refractivity contribution in [2.45, 2.75) is 119 Å². The molecule has 1 rings (SSSR count). The summed E-state index contributed by atoms with van der Waals surface area (Å²) in [6.45, 7) is 15.9. The zero-order valence-corrected chi connectivity index (χ0v) is 23.8. The first kappa shape index (κ1) is 31.2. The third kappa shape index (κ3) is 15.0. The molecule has 0 aromatic heterocycles. The van der Waals surface area contributed by atoms with Crippen molar-refractivity contribution in [3.8, 4) is 0 Å². The lowest BCUT2D eigenvalue weighted by molar-refractivity contribution is -0.153. The predicted molar refractivity (Wildman–Crippen MR) is 150 cm³/mol. The van der Waals surface area contributed by atoms with Gasteiger partial charge in [0.15, 0.2) is 0 Å². The molecule has 3 heteroatoms. The fourth-order valence-corrected chi connectivity index (χ4v) is 4.28. The Morgan fingerprint density at radius 2 is 1.43 bits per heavy atom. The first-order chi connectivity index (χ1) is 16.7. The first-order valence-electron chi connectivity index (χ1n) is 13.8. The van der Waals surface area contributed by atoms with E-state index in [0.717, 1.165) is 57.8 Å². The maximum Gasteiger partial charge on any atom is 0.311 e. The molecule has 0 amide bonds. The van der Waals surface area contributed by atoms with Crippen LogP contribution in [0.25, 0.3) is 0 Å². The highest BCUT2D eigenvalue weighted by atomic mass is 16.5. The van der Waals surface area contributed by atoms with Gasteiger partial charge in [0.25, 0.3) is 0 Å². The van der Waals surface area contributed by atoms with Gasteiger partial charge in [0.1, 0.15) is 0 Å². The molecule has 0 spiro atoms. The Kier molecular flexibility index (Phi) is 16.4. The van der Waals surface area contributed by atoms with Crippen LogP contribution in [-0.2, 0) is 14.3 Å². The van der Waals surface area contributed by atoms with E-state index in [4.69, 9.17) is 9.47 Å². The molecule has 0 N–H and O–H groups in total. The lowest BCUT2D eigenvalue weighted by Gasteiger charge is -2.28. The van der Waals surface area contributed by atoms with Crippen LogP contribution in [0.4, 0.5) is 0 Å². The van der Waals surface area contributed by atoms with Gasteiger partial charge in [0, 0.05) is 0 Å². The van der Waals surface area contributed by atoms with Crippen LogP contribution in [0.1, 0.15) is 113 Å². The molecule has 0 saturated carbocycles. The normalized spacial score (nSPS) is 19.6. The van der Waals surface area contributed by atoms with E-state index in [2.05, 4.69) is 65.0 Å². The third-order valence-electron chi connectivity index (χ3n) is 6.70. The average Bonchev–Trinajstić information content (AvgIpc) is 2.81. The van der Waals surface area contributed by atoms with Crippen molar-refractivity contribution in [2.75, 3.05) is 13.2 Å². The number of esters is 1. The third-order valence-corrected chi connectivity index (χ3v) is 6.70. The van der Waals surface area contributed by atoms with Crippen LogP contribution in [0, 0.1) is 5.92 Å². The van der Waals surface area contributed by atoms with Crippen molar-refractivity contribution in [3.05, 3.63) is 58.2 Å². The SMILES string of the molecule is CCOC(=O)C(C)C1CC/C(=C/CC/C(C)=C/CC/C=C(\C)CC/C=C(\C)CCC=C(C)C)CO1.